The summed E-state index contributed by atoms with van der Waals surface area (Å²) in [6, 6.07) is 10.8. The van der Waals surface area contributed by atoms with E-state index in [2.05, 4.69) is 41.2 Å². The number of aryl methyl sites for hydroxylation is 1. The molecule has 1 aromatic heterocycles. The first-order valence-corrected chi connectivity index (χ1v) is 9.17. The topological polar surface area (TPSA) is 77.0 Å². The highest BCUT2D eigenvalue weighted by atomic mass is 16.1. The molecule has 1 amide bonds. The van der Waals surface area contributed by atoms with Crippen LogP contribution in [0.1, 0.15) is 55.9 Å². The normalized spacial score (nSPS) is 18.4. The number of rotatable bonds is 7. The van der Waals surface area contributed by atoms with Crippen LogP contribution >= 0.6 is 0 Å². The molecule has 2 N–H and O–H groups in total. The molecule has 25 heavy (non-hydrogen) atoms. The lowest BCUT2D eigenvalue weighted by atomic mass is 10.0. The van der Waals surface area contributed by atoms with Crippen molar-refractivity contribution in [2.75, 3.05) is 6.54 Å². The van der Waals surface area contributed by atoms with Crippen molar-refractivity contribution in [2.45, 2.75) is 58.2 Å². The molecule has 6 heteroatoms. The van der Waals surface area contributed by atoms with Crippen LogP contribution in [-0.2, 0) is 24.3 Å². The molecule has 0 spiro atoms. The Bertz CT molecular complexity index is 697. The van der Waals surface area contributed by atoms with E-state index in [-0.39, 0.29) is 18.4 Å². The van der Waals surface area contributed by atoms with Gasteiger partial charge in [-0.05, 0) is 31.4 Å². The van der Waals surface area contributed by atoms with E-state index in [9.17, 15) is 4.79 Å². The van der Waals surface area contributed by atoms with E-state index in [1.165, 1.54) is 18.4 Å². The molecule has 2 aromatic rings. The first-order chi connectivity index (χ1) is 12.2. The van der Waals surface area contributed by atoms with Crippen molar-refractivity contribution in [2.24, 2.45) is 5.73 Å². The van der Waals surface area contributed by atoms with Crippen LogP contribution in [0.25, 0.3) is 0 Å². The molecule has 1 aliphatic heterocycles. The van der Waals surface area contributed by atoms with Gasteiger partial charge in [0.25, 0.3) is 0 Å². The van der Waals surface area contributed by atoms with Crippen molar-refractivity contribution in [3.05, 3.63) is 47.5 Å². The second-order valence-electron chi connectivity index (χ2n) is 6.72. The summed E-state index contributed by atoms with van der Waals surface area (Å²) in [5.41, 5.74) is 6.64. The summed E-state index contributed by atoms with van der Waals surface area (Å²) in [6.07, 6.45) is 4.57. The molecule has 1 saturated heterocycles. The summed E-state index contributed by atoms with van der Waals surface area (Å²) in [5.74, 6) is 1.14. The molecule has 1 unspecified atom stereocenters. The average molecular weight is 341 g/mol. The Kier molecular flexibility index (Phi) is 5.81. The molecule has 0 aliphatic carbocycles. The quantitative estimate of drug-likeness (QED) is 0.839. The number of hydrogen-bond donors (Lipinski definition) is 1. The summed E-state index contributed by atoms with van der Waals surface area (Å²) < 4.78 is 1.98. The van der Waals surface area contributed by atoms with Gasteiger partial charge in [0.2, 0.25) is 5.91 Å². The molecule has 6 nitrogen and oxygen atoms in total. The summed E-state index contributed by atoms with van der Waals surface area (Å²) in [5, 5.41) is 4.53. The molecule has 0 bridgehead atoms. The first-order valence-electron chi connectivity index (χ1n) is 9.17. The summed E-state index contributed by atoms with van der Waals surface area (Å²) >= 11 is 0. The van der Waals surface area contributed by atoms with Crippen LogP contribution < -0.4 is 5.73 Å². The van der Waals surface area contributed by atoms with Gasteiger partial charge in [0, 0.05) is 13.1 Å². The predicted octanol–water partition coefficient (Wildman–Crippen LogP) is 2.44. The van der Waals surface area contributed by atoms with Crippen molar-refractivity contribution >= 4 is 5.91 Å². The van der Waals surface area contributed by atoms with Gasteiger partial charge in [-0.25, -0.2) is 9.67 Å². The fraction of sp³-hybridized carbons (Fsp3) is 0.526. The maximum atomic E-state index is 11.3. The largest absolute Gasteiger partial charge is 0.369 e. The van der Waals surface area contributed by atoms with Gasteiger partial charge >= 0.3 is 0 Å². The fourth-order valence-corrected chi connectivity index (χ4v) is 3.55. The standard InChI is InChI=1S/C19H27N5O/c1-2-11-24-19(21-18(22-24)13-17(20)25)16-10-6-7-12-23(16)14-15-8-4-3-5-9-15/h3-5,8-9,16H,2,6-7,10-14H2,1H3,(H2,20,25). The molecule has 3 rings (SSSR count). The smallest absolute Gasteiger partial charge is 0.225 e. The van der Waals surface area contributed by atoms with Crippen molar-refractivity contribution in [3.8, 4) is 0 Å². The third kappa shape index (κ3) is 4.45. The highest BCUT2D eigenvalue weighted by Gasteiger charge is 2.29. The lowest BCUT2D eigenvalue weighted by Crippen LogP contribution is -2.34. The maximum absolute atomic E-state index is 11.3. The minimum Gasteiger partial charge on any atom is -0.369 e. The Morgan fingerprint density at radius 2 is 2.08 bits per heavy atom. The zero-order chi connectivity index (χ0) is 17.6. The molecule has 134 valence electrons. The fourth-order valence-electron chi connectivity index (χ4n) is 3.55. The third-order valence-electron chi connectivity index (χ3n) is 4.65. The van der Waals surface area contributed by atoms with Crippen LogP contribution in [0, 0.1) is 0 Å². The Morgan fingerprint density at radius 1 is 1.28 bits per heavy atom. The van der Waals surface area contributed by atoms with Crippen molar-refractivity contribution in [1.82, 2.24) is 19.7 Å². The minimum absolute atomic E-state index is 0.106. The number of nitrogens with zero attached hydrogens (tertiary/aromatic N) is 4. The number of carbonyl (C=O) groups is 1. The maximum Gasteiger partial charge on any atom is 0.225 e. The highest BCUT2D eigenvalue weighted by Crippen LogP contribution is 2.31. The SMILES string of the molecule is CCCn1nc(CC(N)=O)nc1C1CCCCN1Cc1ccccc1. The summed E-state index contributed by atoms with van der Waals surface area (Å²) in [4.78, 5) is 18.4. The zero-order valence-corrected chi connectivity index (χ0v) is 14.9. The van der Waals surface area contributed by atoms with Crippen molar-refractivity contribution in [1.29, 1.82) is 0 Å². The molecule has 2 heterocycles. The summed E-state index contributed by atoms with van der Waals surface area (Å²) in [6.45, 7) is 4.91. The number of aromatic nitrogens is 3. The lowest BCUT2D eigenvalue weighted by Gasteiger charge is -2.35. The molecular formula is C19H27N5O. The molecule has 0 saturated carbocycles. The van der Waals surface area contributed by atoms with E-state index in [4.69, 9.17) is 10.7 Å². The molecule has 1 aromatic carbocycles. The van der Waals surface area contributed by atoms with Crippen LogP contribution in [0.2, 0.25) is 0 Å². The van der Waals surface area contributed by atoms with Crippen LogP contribution in [0.15, 0.2) is 30.3 Å². The van der Waals surface area contributed by atoms with E-state index in [0.29, 0.717) is 5.82 Å². The minimum atomic E-state index is -0.384. The van der Waals surface area contributed by atoms with E-state index >= 15 is 0 Å². The number of carbonyl (C=O) groups excluding carboxylic acids is 1. The Hall–Kier alpha value is -2.21. The third-order valence-corrected chi connectivity index (χ3v) is 4.65. The van der Waals surface area contributed by atoms with Crippen LogP contribution in [0.4, 0.5) is 0 Å². The zero-order valence-electron chi connectivity index (χ0n) is 14.9. The Labute approximate surface area is 149 Å². The van der Waals surface area contributed by atoms with Crippen LogP contribution in [0.3, 0.4) is 0 Å². The van der Waals surface area contributed by atoms with Gasteiger partial charge in [0.15, 0.2) is 5.82 Å². The number of benzene rings is 1. The van der Waals surface area contributed by atoms with Gasteiger partial charge in [-0.1, -0.05) is 43.7 Å². The number of likely N-dealkylation sites (tertiary alicyclic amines) is 1. The van der Waals surface area contributed by atoms with Gasteiger partial charge in [0.1, 0.15) is 5.82 Å². The number of hydrogen-bond acceptors (Lipinski definition) is 4. The molecular weight excluding hydrogens is 314 g/mol. The predicted molar refractivity (Wildman–Crippen MR) is 96.7 cm³/mol. The van der Waals surface area contributed by atoms with Gasteiger partial charge in [-0.15, -0.1) is 0 Å². The van der Waals surface area contributed by atoms with Gasteiger partial charge in [0.05, 0.1) is 12.5 Å². The number of primary amides is 1. The van der Waals surface area contributed by atoms with Gasteiger partial charge in [-0.3, -0.25) is 9.69 Å². The van der Waals surface area contributed by atoms with E-state index < -0.39 is 0 Å². The van der Waals surface area contributed by atoms with Crippen LogP contribution in [-0.4, -0.2) is 32.1 Å². The summed E-state index contributed by atoms with van der Waals surface area (Å²) in [7, 11) is 0. The van der Waals surface area contributed by atoms with Crippen molar-refractivity contribution < 1.29 is 4.79 Å². The van der Waals surface area contributed by atoms with E-state index in [1.807, 2.05) is 10.7 Å². The van der Waals surface area contributed by atoms with Gasteiger partial charge in [-0.2, -0.15) is 5.10 Å². The van der Waals surface area contributed by atoms with E-state index in [0.717, 1.165) is 38.3 Å². The second kappa shape index (κ2) is 8.25. The van der Waals surface area contributed by atoms with Crippen LogP contribution in [0.5, 0.6) is 0 Å². The number of nitrogens with two attached hydrogens (primary N) is 1. The molecule has 1 atom stereocenters. The lowest BCUT2D eigenvalue weighted by molar-refractivity contribution is -0.117. The molecule has 1 fully saturated rings. The highest BCUT2D eigenvalue weighted by molar-refractivity contribution is 5.75. The van der Waals surface area contributed by atoms with Crippen molar-refractivity contribution in [3.63, 3.8) is 0 Å². The first kappa shape index (κ1) is 17.6. The molecule has 0 radical (unpaired) electrons. The molecule has 1 aliphatic rings. The Morgan fingerprint density at radius 3 is 2.80 bits per heavy atom. The number of amides is 1. The number of piperidine rings is 1. The Balaban J connectivity index is 1.85. The van der Waals surface area contributed by atoms with Gasteiger partial charge < -0.3 is 5.73 Å². The average Bonchev–Trinajstić information content (AvgIpc) is 2.98. The van der Waals surface area contributed by atoms with E-state index in [1.54, 1.807) is 0 Å². The monoisotopic (exact) mass is 341 g/mol. The second-order valence-corrected chi connectivity index (χ2v) is 6.72.